The monoisotopic (exact) mass is 339 g/mol. The molecule has 19 heavy (non-hydrogen) atoms. The zero-order valence-corrected chi connectivity index (χ0v) is 13.1. The Morgan fingerprint density at radius 2 is 1.84 bits per heavy atom. The van der Waals surface area contributed by atoms with E-state index in [1.807, 2.05) is 50.2 Å². The Bertz CT molecular complexity index is 599. The van der Waals surface area contributed by atoms with Crippen molar-refractivity contribution in [1.29, 1.82) is 0 Å². The van der Waals surface area contributed by atoms with Gasteiger partial charge < -0.3 is 10.5 Å². The van der Waals surface area contributed by atoms with Gasteiger partial charge in [0, 0.05) is 10.5 Å². The Hall–Kier alpha value is -1.03. The predicted octanol–water partition coefficient (Wildman–Crippen LogP) is 5.22. The lowest BCUT2D eigenvalue weighted by atomic mass is 10.1. The average molecular weight is 341 g/mol. The smallest absolute Gasteiger partial charge is 0.146 e. The fourth-order valence-electron chi connectivity index (χ4n) is 1.73. The minimum atomic E-state index is -0.0408. The molecule has 4 heteroatoms. The second-order valence-corrected chi connectivity index (χ2v) is 5.81. The fraction of sp³-hybridized carbons (Fsp3) is 0.200. The van der Waals surface area contributed by atoms with E-state index >= 15 is 0 Å². The minimum absolute atomic E-state index is 0.0408. The molecule has 0 amide bonds. The van der Waals surface area contributed by atoms with Crippen molar-refractivity contribution in [2.75, 3.05) is 0 Å². The Kier molecular flexibility index (Phi) is 4.50. The molecule has 0 saturated carbocycles. The fourth-order valence-corrected chi connectivity index (χ4v) is 2.43. The van der Waals surface area contributed by atoms with Gasteiger partial charge in [0.15, 0.2) is 0 Å². The van der Waals surface area contributed by atoms with Crippen LogP contribution in [-0.4, -0.2) is 0 Å². The van der Waals surface area contributed by atoms with E-state index in [-0.39, 0.29) is 6.04 Å². The zero-order valence-electron chi connectivity index (χ0n) is 10.8. The van der Waals surface area contributed by atoms with Crippen LogP contribution in [0.1, 0.15) is 24.1 Å². The lowest BCUT2D eigenvalue weighted by Crippen LogP contribution is -2.04. The van der Waals surface area contributed by atoms with Crippen LogP contribution >= 0.6 is 27.5 Å². The van der Waals surface area contributed by atoms with Crippen LogP contribution < -0.4 is 10.5 Å². The third-order valence-corrected chi connectivity index (χ3v) is 3.63. The molecule has 0 aliphatic rings. The van der Waals surface area contributed by atoms with E-state index in [9.17, 15) is 0 Å². The van der Waals surface area contributed by atoms with Gasteiger partial charge in [0.05, 0.1) is 5.02 Å². The molecule has 1 atom stereocenters. The lowest BCUT2D eigenvalue weighted by molar-refractivity contribution is 0.478. The van der Waals surface area contributed by atoms with Crippen molar-refractivity contribution >= 4 is 27.5 Å². The second kappa shape index (κ2) is 5.95. The van der Waals surface area contributed by atoms with Crippen molar-refractivity contribution in [3.05, 3.63) is 57.0 Å². The van der Waals surface area contributed by atoms with Gasteiger partial charge in [-0.25, -0.2) is 0 Å². The summed E-state index contributed by atoms with van der Waals surface area (Å²) in [5, 5.41) is 0.567. The van der Waals surface area contributed by atoms with E-state index in [0.29, 0.717) is 10.8 Å². The molecular weight excluding hydrogens is 326 g/mol. The summed E-state index contributed by atoms with van der Waals surface area (Å²) in [5.41, 5.74) is 7.86. The molecule has 0 spiro atoms. The molecule has 0 bridgehead atoms. The molecule has 2 aromatic carbocycles. The molecule has 1 unspecified atom stereocenters. The molecule has 2 aromatic rings. The Morgan fingerprint density at radius 3 is 2.42 bits per heavy atom. The Morgan fingerprint density at radius 1 is 1.16 bits per heavy atom. The second-order valence-electron chi connectivity index (χ2n) is 4.49. The van der Waals surface area contributed by atoms with Gasteiger partial charge in [-0.05, 0) is 55.3 Å². The van der Waals surface area contributed by atoms with Gasteiger partial charge in [-0.15, -0.1) is 0 Å². The SMILES string of the molecule is Cc1cc(Br)ccc1Oc1ccc(C(C)N)cc1Cl. The number of rotatable bonds is 3. The molecular formula is C15H15BrClNO. The molecule has 0 radical (unpaired) electrons. The van der Waals surface area contributed by atoms with Gasteiger partial charge in [0.2, 0.25) is 0 Å². The van der Waals surface area contributed by atoms with Crippen LogP contribution in [0, 0.1) is 6.92 Å². The van der Waals surface area contributed by atoms with Gasteiger partial charge in [-0.1, -0.05) is 33.6 Å². The standard InChI is InChI=1S/C15H15BrClNO/c1-9-7-12(16)4-6-14(9)19-15-5-3-11(10(2)18)8-13(15)17/h3-8,10H,18H2,1-2H3. The minimum Gasteiger partial charge on any atom is -0.456 e. The van der Waals surface area contributed by atoms with E-state index in [1.54, 1.807) is 0 Å². The van der Waals surface area contributed by atoms with E-state index in [2.05, 4.69) is 15.9 Å². The maximum absolute atomic E-state index is 6.22. The summed E-state index contributed by atoms with van der Waals surface area (Å²) in [6, 6.07) is 11.4. The Balaban J connectivity index is 2.28. The van der Waals surface area contributed by atoms with Gasteiger partial charge in [-0.2, -0.15) is 0 Å². The first-order valence-electron chi connectivity index (χ1n) is 5.96. The van der Waals surface area contributed by atoms with E-state index < -0.39 is 0 Å². The summed E-state index contributed by atoms with van der Waals surface area (Å²) in [5.74, 6) is 1.43. The summed E-state index contributed by atoms with van der Waals surface area (Å²) in [6.07, 6.45) is 0. The molecule has 0 saturated heterocycles. The first-order chi connectivity index (χ1) is 8.97. The van der Waals surface area contributed by atoms with Gasteiger partial charge >= 0.3 is 0 Å². The quantitative estimate of drug-likeness (QED) is 0.831. The predicted molar refractivity (Wildman–Crippen MR) is 83.0 cm³/mol. The molecule has 2 N–H and O–H groups in total. The van der Waals surface area contributed by atoms with Crippen molar-refractivity contribution in [2.45, 2.75) is 19.9 Å². The van der Waals surface area contributed by atoms with Crippen LogP contribution in [0.3, 0.4) is 0 Å². The Labute approximate surface area is 126 Å². The summed E-state index contributed by atoms with van der Waals surface area (Å²) >= 11 is 9.64. The average Bonchev–Trinajstić information content (AvgIpc) is 2.34. The number of aryl methyl sites for hydroxylation is 1. The molecule has 0 aromatic heterocycles. The highest BCUT2D eigenvalue weighted by Crippen LogP contribution is 2.33. The first kappa shape index (κ1) is 14.4. The van der Waals surface area contributed by atoms with Gasteiger partial charge in [0.1, 0.15) is 11.5 Å². The molecule has 100 valence electrons. The van der Waals surface area contributed by atoms with Crippen molar-refractivity contribution < 1.29 is 4.74 Å². The van der Waals surface area contributed by atoms with E-state index in [1.165, 1.54) is 0 Å². The maximum Gasteiger partial charge on any atom is 0.146 e. The lowest BCUT2D eigenvalue weighted by Gasteiger charge is -2.12. The third-order valence-electron chi connectivity index (χ3n) is 2.84. The molecule has 0 aliphatic heterocycles. The van der Waals surface area contributed by atoms with Crippen molar-refractivity contribution in [2.24, 2.45) is 5.73 Å². The number of halogens is 2. The highest BCUT2D eigenvalue weighted by atomic mass is 79.9. The topological polar surface area (TPSA) is 35.2 Å². The summed E-state index contributed by atoms with van der Waals surface area (Å²) < 4.78 is 6.86. The number of ether oxygens (including phenoxy) is 1. The van der Waals surface area contributed by atoms with E-state index in [4.69, 9.17) is 22.1 Å². The molecule has 0 aliphatic carbocycles. The normalized spacial score (nSPS) is 12.3. The first-order valence-corrected chi connectivity index (χ1v) is 7.13. The van der Waals surface area contributed by atoms with Crippen LogP contribution in [0.2, 0.25) is 5.02 Å². The molecule has 0 heterocycles. The van der Waals surface area contributed by atoms with Gasteiger partial charge in [0.25, 0.3) is 0 Å². The third kappa shape index (κ3) is 3.50. The van der Waals surface area contributed by atoms with Crippen molar-refractivity contribution in [3.8, 4) is 11.5 Å². The van der Waals surface area contributed by atoms with Crippen LogP contribution in [0.25, 0.3) is 0 Å². The van der Waals surface area contributed by atoms with Crippen LogP contribution in [-0.2, 0) is 0 Å². The zero-order chi connectivity index (χ0) is 14.0. The number of benzene rings is 2. The number of hydrogen-bond donors (Lipinski definition) is 1. The number of nitrogens with two attached hydrogens (primary N) is 1. The van der Waals surface area contributed by atoms with Crippen LogP contribution in [0.4, 0.5) is 0 Å². The van der Waals surface area contributed by atoms with Crippen molar-refractivity contribution in [1.82, 2.24) is 0 Å². The number of hydrogen-bond acceptors (Lipinski definition) is 2. The molecule has 2 rings (SSSR count). The summed E-state index contributed by atoms with van der Waals surface area (Å²) in [4.78, 5) is 0. The highest BCUT2D eigenvalue weighted by Gasteiger charge is 2.08. The van der Waals surface area contributed by atoms with Crippen LogP contribution in [0.5, 0.6) is 11.5 Å². The molecule has 0 fully saturated rings. The van der Waals surface area contributed by atoms with Crippen LogP contribution in [0.15, 0.2) is 40.9 Å². The van der Waals surface area contributed by atoms with Gasteiger partial charge in [-0.3, -0.25) is 0 Å². The summed E-state index contributed by atoms with van der Waals surface area (Å²) in [6.45, 7) is 3.91. The van der Waals surface area contributed by atoms with E-state index in [0.717, 1.165) is 21.3 Å². The maximum atomic E-state index is 6.22. The van der Waals surface area contributed by atoms with Crippen molar-refractivity contribution in [3.63, 3.8) is 0 Å². The highest BCUT2D eigenvalue weighted by molar-refractivity contribution is 9.10. The molecule has 2 nitrogen and oxygen atoms in total. The summed E-state index contributed by atoms with van der Waals surface area (Å²) in [7, 11) is 0. The largest absolute Gasteiger partial charge is 0.456 e.